The number of benzene rings is 1. The molecular formula is C15H20N4S. The number of fused-ring (bicyclic) bond motifs is 1. The van der Waals surface area contributed by atoms with E-state index >= 15 is 0 Å². The minimum Gasteiger partial charge on any atom is -0.398 e. The summed E-state index contributed by atoms with van der Waals surface area (Å²) in [7, 11) is 0. The molecule has 1 aromatic heterocycles. The van der Waals surface area contributed by atoms with E-state index in [1.807, 2.05) is 36.2 Å². The van der Waals surface area contributed by atoms with Crippen molar-refractivity contribution in [2.24, 2.45) is 0 Å². The fourth-order valence-electron chi connectivity index (χ4n) is 2.54. The van der Waals surface area contributed by atoms with Gasteiger partial charge in [0.1, 0.15) is 0 Å². The van der Waals surface area contributed by atoms with Crippen molar-refractivity contribution in [2.45, 2.75) is 0 Å². The first-order chi connectivity index (χ1) is 9.84. The van der Waals surface area contributed by atoms with Crippen molar-refractivity contribution in [1.82, 2.24) is 9.88 Å². The molecule has 2 aromatic rings. The molecule has 0 spiro atoms. The van der Waals surface area contributed by atoms with Crippen LogP contribution in [-0.4, -0.2) is 47.6 Å². The minimum absolute atomic E-state index is 0.806. The van der Waals surface area contributed by atoms with Crippen LogP contribution in [0.4, 0.5) is 11.4 Å². The molecule has 5 heteroatoms. The second-order valence-electron chi connectivity index (χ2n) is 5.00. The van der Waals surface area contributed by atoms with E-state index in [0.29, 0.717) is 0 Å². The number of nitrogens with zero attached hydrogens (tertiary/aromatic N) is 2. The van der Waals surface area contributed by atoms with E-state index in [1.165, 1.54) is 24.6 Å². The Labute approximate surface area is 123 Å². The molecule has 1 aliphatic heterocycles. The van der Waals surface area contributed by atoms with E-state index in [-0.39, 0.29) is 0 Å². The number of pyridine rings is 1. The number of thioether (sulfide) groups is 1. The van der Waals surface area contributed by atoms with Gasteiger partial charge in [-0.2, -0.15) is 11.8 Å². The Bertz CT molecular complexity index is 581. The molecule has 1 aromatic carbocycles. The van der Waals surface area contributed by atoms with Crippen LogP contribution >= 0.6 is 11.8 Å². The Balaban J connectivity index is 1.67. The highest BCUT2D eigenvalue weighted by molar-refractivity contribution is 7.99. The summed E-state index contributed by atoms with van der Waals surface area (Å²) in [5.41, 5.74) is 7.93. The Morgan fingerprint density at radius 3 is 2.90 bits per heavy atom. The zero-order valence-electron chi connectivity index (χ0n) is 11.5. The van der Waals surface area contributed by atoms with Crippen LogP contribution in [0.2, 0.25) is 0 Å². The molecule has 3 N–H and O–H groups in total. The van der Waals surface area contributed by atoms with Crippen LogP contribution in [-0.2, 0) is 0 Å². The van der Waals surface area contributed by atoms with E-state index in [9.17, 15) is 0 Å². The Morgan fingerprint density at radius 1 is 1.20 bits per heavy atom. The second kappa shape index (κ2) is 6.33. The van der Waals surface area contributed by atoms with Crippen LogP contribution in [0.25, 0.3) is 10.8 Å². The van der Waals surface area contributed by atoms with Gasteiger partial charge >= 0.3 is 0 Å². The molecule has 0 atom stereocenters. The van der Waals surface area contributed by atoms with Crippen LogP contribution < -0.4 is 11.1 Å². The number of nitrogen functional groups attached to an aromatic ring is 1. The number of rotatable bonds is 4. The Hall–Kier alpha value is -1.46. The maximum Gasteiger partial charge on any atom is 0.0437 e. The predicted octanol–water partition coefficient (Wildman–Crippen LogP) is 2.28. The lowest BCUT2D eigenvalue weighted by atomic mass is 10.1. The molecule has 4 nitrogen and oxygen atoms in total. The van der Waals surface area contributed by atoms with Gasteiger partial charge in [-0.1, -0.05) is 0 Å². The van der Waals surface area contributed by atoms with E-state index in [0.717, 1.165) is 35.2 Å². The first-order valence-electron chi connectivity index (χ1n) is 7.01. The van der Waals surface area contributed by atoms with E-state index in [4.69, 9.17) is 5.73 Å². The number of hydrogen-bond acceptors (Lipinski definition) is 5. The number of anilines is 2. The van der Waals surface area contributed by atoms with Crippen LogP contribution in [0, 0.1) is 0 Å². The van der Waals surface area contributed by atoms with Gasteiger partial charge in [0, 0.05) is 72.2 Å². The zero-order chi connectivity index (χ0) is 13.8. The van der Waals surface area contributed by atoms with Gasteiger partial charge in [-0.15, -0.1) is 0 Å². The van der Waals surface area contributed by atoms with Crippen molar-refractivity contribution >= 4 is 33.9 Å². The lowest BCUT2D eigenvalue weighted by molar-refractivity contribution is 0.314. The zero-order valence-corrected chi connectivity index (χ0v) is 12.3. The smallest absolute Gasteiger partial charge is 0.0437 e. The summed E-state index contributed by atoms with van der Waals surface area (Å²) in [5, 5.41) is 5.69. The highest BCUT2D eigenvalue weighted by atomic mass is 32.2. The van der Waals surface area contributed by atoms with Crippen molar-refractivity contribution in [3.8, 4) is 0 Å². The van der Waals surface area contributed by atoms with E-state index in [1.54, 1.807) is 6.20 Å². The molecule has 0 bridgehead atoms. The van der Waals surface area contributed by atoms with Gasteiger partial charge in [-0.3, -0.25) is 9.88 Å². The molecule has 106 valence electrons. The maximum absolute atomic E-state index is 6.00. The van der Waals surface area contributed by atoms with Crippen molar-refractivity contribution in [2.75, 3.05) is 48.7 Å². The van der Waals surface area contributed by atoms with Gasteiger partial charge in [0.15, 0.2) is 0 Å². The third-order valence-corrected chi connectivity index (χ3v) is 4.64. The molecule has 3 rings (SSSR count). The first kappa shape index (κ1) is 13.5. The van der Waals surface area contributed by atoms with Crippen molar-refractivity contribution < 1.29 is 0 Å². The molecule has 1 aliphatic rings. The van der Waals surface area contributed by atoms with E-state index in [2.05, 4.69) is 15.2 Å². The largest absolute Gasteiger partial charge is 0.398 e. The second-order valence-corrected chi connectivity index (χ2v) is 6.23. The molecule has 0 saturated carbocycles. The number of hydrogen-bond donors (Lipinski definition) is 2. The molecule has 0 amide bonds. The quantitative estimate of drug-likeness (QED) is 0.845. The molecule has 1 saturated heterocycles. The van der Waals surface area contributed by atoms with Gasteiger partial charge in [0.25, 0.3) is 0 Å². The average Bonchev–Trinajstić information content (AvgIpc) is 2.51. The van der Waals surface area contributed by atoms with Gasteiger partial charge < -0.3 is 11.1 Å². The van der Waals surface area contributed by atoms with Crippen molar-refractivity contribution in [3.63, 3.8) is 0 Å². The average molecular weight is 288 g/mol. The number of nitrogens with one attached hydrogen (secondary N) is 1. The fraction of sp³-hybridized carbons (Fsp3) is 0.400. The fourth-order valence-corrected chi connectivity index (χ4v) is 3.52. The first-order valence-corrected chi connectivity index (χ1v) is 8.16. The summed E-state index contributed by atoms with van der Waals surface area (Å²) >= 11 is 2.05. The normalized spacial score (nSPS) is 16.4. The summed E-state index contributed by atoms with van der Waals surface area (Å²) in [6, 6.07) is 5.98. The highest BCUT2D eigenvalue weighted by Gasteiger charge is 2.10. The molecular weight excluding hydrogens is 268 g/mol. The highest BCUT2D eigenvalue weighted by Crippen LogP contribution is 2.27. The molecule has 0 radical (unpaired) electrons. The molecule has 0 unspecified atom stereocenters. The summed E-state index contributed by atoms with van der Waals surface area (Å²) in [4.78, 5) is 6.72. The summed E-state index contributed by atoms with van der Waals surface area (Å²) in [6.07, 6.45) is 3.67. The third kappa shape index (κ3) is 2.99. The Morgan fingerprint density at radius 2 is 2.05 bits per heavy atom. The predicted molar refractivity (Wildman–Crippen MR) is 88.4 cm³/mol. The number of nitrogens with two attached hydrogens (primary N) is 1. The molecule has 0 aliphatic carbocycles. The van der Waals surface area contributed by atoms with Crippen LogP contribution in [0.5, 0.6) is 0 Å². The summed E-state index contributed by atoms with van der Waals surface area (Å²) < 4.78 is 0. The van der Waals surface area contributed by atoms with Crippen LogP contribution in [0.15, 0.2) is 30.6 Å². The minimum atomic E-state index is 0.806. The van der Waals surface area contributed by atoms with Gasteiger partial charge in [0.05, 0.1) is 0 Å². The van der Waals surface area contributed by atoms with Gasteiger partial charge in [-0.05, 0) is 18.2 Å². The lowest BCUT2D eigenvalue weighted by Gasteiger charge is -2.26. The SMILES string of the molecule is Nc1ccc(NCCN2CCSCC2)c2cnccc12. The third-order valence-electron chi connectivity index (χ3n) is 3.70. The monoisotopic (exact) mass is 288 g/mol. The van der Waals surface area contributed by atoms with Crippen molar-refractivity contribution in [1.29, 1.82) is 0 Å². The van der Waals surface area contributed by atoms with Crippen molar-refractivity contribution in [3.05, 3.63) is 30.6 Å². The van der Waals surface area contributed by atoms with Crippen LogP contribution in [0.1, 0.15) is 0 Å². The summed E-state index contributed by atoms with van der Waals surface area (Å²) in [5.74, 6) is 2.52. The molecule has 2 heterocycles. The van der Waals surface area contributed by atoms with Crippen LogP contribution in [0.3, 0.4) is 0 Å². The maximum atomic E-state index is 6.00. The Kier molecular flexibility index (Phi) is 4.28. The van der Waals surface area contributed by atoms with Gasteiger partial charge in [0.2, 0.25) is 0 Å². The topological polar surface area (TPSA) is 54.2 Å². The summed E-state index contributed by atoms with van der Waals surface area (Å²) in [6.45, 7) is 4.46. The number of aromatic nitrogens is 1. The standard InChI is InChI=1S/C15H20N4S/c16-14-1-2-15(13-11-17-4-3-12(13)14)18-5-6-19-7-9-20-10-8-19/h1-4,11,18H,5-10,16H2. The molecule has 20 heavy (non-hydrogen) atoms. The molecule has 1 fully saturated rings. The van der Waals surface area contributed by atoms with E-state index < -0.39 is 0 Å². The van der Waals surface area contributed by atoms with Gasteiger partial charge in [-0.25, -0.2) is 0 Å². The lowest BCUT2D eigenvalue weighted by Crippen LogP contribution is -2.36.